The highest BCUT2D eigenvalue weighted by Crippen LogP contribution is 2.02. The van der Waals surface area contributed by atoms with Crippen molar-refractivity contribution in [2.75, 3.05) is 13.2 Å². The Morgan fingerprint density at radius 3 is 2.53 bits per heavy atom. The van der Waals surface area contributed by atoms with E-state index in [9.17, 15) is 4.79 Å². The van der Waals surface area contributed by atoms with Crippen LogP contribution in [-0.4, -0.2) is 31.3 Å². The lowest BCUT2D eigenvalue weighted by Crippen LogP contribution is -2.45. The van der Waals surface area contributed by atoms with Crippen LogP contribution in [0.3, 0.4) is 0 Å². The predicted molar refractivity (Wildman–Crippen MR) is 74.8 cm³/mol. The van der Waals surface area contributed by atoms with Crippen LogP contribution in [0.2, 0.25) is 0 Å². The maximum atomic E-state index is 11.8. The van der Waals surface area contributed by atoms with Crippen LogP contribution in [0, 0.1) is 0 Å². The molecule has 106 valence electrons. The average Bonchev–Trinajstić information content (AvgIpc) is 2.38. The molecule has 1 unspecified atom stereocenters. The average molecular weight is 265 g/mol. The smallest absolute Gasteiger partial charge is 0.325 e. The van der Waals surface area contributed by atoms with Gasteiger partial charge in [0.05, 0.1) is 19.8 Å². The summed E-state index contributed by atoms with van der Waals surface area (Å²) in [6, 6.07) is 9.68. The summed E-state index contributed by atoms with van der Waals surface area (Å²) in [5.74, 6) is -0.260. The van der Waals surface area contributed by atoms with Gasteiger partial charge in [-0.05, 0) is 12.5 Å². The number of nitrogens with one attached hydrogen (secondary N) is 1. The number of benzene rings is 1. The maximum absolute atomic E-state index is 11.8. The first-order valence-corrected chi connectivity index (χ1v) is 6.67. The third-order valence-corrected chi connectivity index (χ3v) is 2.50. The van der Waals surface area contributed by atoms with Crippen LogP contribution in [0.1, 0.15) is 26.3 Å². The largest absolute Gasteiger partial charge is 0.465 e. The summed E-state index contributed by atoms with van der Waals surface area (Å²) in [5, 5.41) is 3.15. The Morgan fingerprint density at radius 1 is 1.26 bits per heavy atom. The number of hydrogen-bond donors (Lipinski definition) is 1. The normalized spacial score (nSPS) is 12.4. The lowest BCUT2D eigenvalue weighted by Gasteiger charge is -2.19. The molecule has 1 N–H and O–H groups in total. The van der Waals surface area contributed by atoms with Gasteiger partial charge in [-0.25, -0.2) is 0 Å². The first-order valence-electron chi connectivity index (χ1n) is 6.67. The van der Waals surface area contributed by atoms with Crippen LogP contribution >= 0.6 is 0 Å². The number of carbonyl (C=O) groups excluding carboxylic acids is 1. The van der Waals surface area contributed by atoms with Crippen molar-refractivity contribution < 1.29 is 14.3 Å². The second-order valence-electron chi connectivity index (χ2n) is 4.63. The monoisotopic (exact) mass is 265 g/mol. The zero-order valence-corrected chi connectivity index (χ0v) is 11.9. The molecule has 0 aliphatic heterocycles. The van der Waals surface area contributed by atoms with Gasteiger partial charge in [0, 0.05) is 6.04 Å². The highest BCUT2D eigenvalue weighted by molar-refractivity contribution is 5.75. The molecule has 0 saturated carbocycles. The minimum absolute atomic E-state index is 0.203. The van der Waals surface area contributed by atoms with Gasteiger partial charge in [0.25, 0.3) is 0 Å². The van der Waals surface area contributed by atoms with Crippen molar-refractivity contribution in [3.63, 3.8) is 0 Å². The predicted octanol–water partition coefficient (Wildman–Crippen LogP) is 2.13. The molecule has 0 aromatic heterocycles. The Balaban J connectivity index is 2.42. The van der Waals surface area contributed by atoms with E-state index in [2.05, 4.69) is 5.32 Å². The van der Waals surface area contributed by atoms with Crippen molar-refractivity contribution in [3.8, 4) is 0 Å². The van der Waals surface area contributed by atoms with Gasteiger partial charge in [0.1, 0.15) is 6.04 Å². The summed E-state index contributed by atoms with van der Waals surface area (Å²) < 4.78 is 10.6. The van der Waals surface area contributed by atoms with Crippen molar-refractivity contribution in [3.05, 3.63) is 35.9 Å². The summed E-state index contributed by atoms with van der Waals surface area (Å²) in [5.41, 5.74) is 1.09. The van der Waals surface area contributed by atoms with Crippen molar-refractivity contribution >= 4 is 5.97 Å². The number of rotatable bonds is 8. The molecule has 4 nitrogen and oxygen atoms in total. The fourth-order valence-electron chi connectivity index (χ4n) is 1.70. The number of carbonyl (C=O) groups is 1. The zero-order chi connectivity index (χ0) is 14.1. The SMILES string of the molecule is CCOC(=O)C(COCc1ccccc1)NC(C)C. The first-order chi connectivity index (χ1) is 9.13. The zero-order valence-electron chi connectivity index (χ0n) is 11.9. The Morgan fingerprint density at radius 2 is 1.95 bits per heavy atom. The van der Waals surface area contributed by atoms with Gasteiger partial charge in [-0.2, -0.15) is 0 Å². The van der Waals surface area contributed by atoms with Crippen molar-refractivity contribution in [2.45, 2.75) is 39.5 Å². The summed E-state index contributed by atoms with van der Waals surface area (Å²) in [4.78, 5) is 11.8. The van der Waals surface area contributed by atoms with E-state index in [0.29, 0.717) is 19.8 Å². The third-order valence-electron chi connectivity index (χ3n) is 2.50. The third kappa shape index (κ3) is 6.36. The Kier molecular flexibility index (Phi) is 7.15. The number of esters is 1. The fraction of sp³-hybridized carbons (Fsp3) is 0.533. The summed E-state index contributed by atoms with van der Waals surface area (Å²) in [7, 11) is 0. The summed E-state index contributed by atoms with van der Waals surface area (Å²) in [6.45, 7) is 6.97. The van der Waals surface area contributed by atoms with Crippen LogP contribution in [-0.2, 0) is 20.9 Å². The van der Waals surface area contributed by atoms with Crippen LogP contribution in [0.4, 0.5) is 0 Å². The molecular weight excluding hydrogens is 242 g/mol. The summed E-state index contributed by atoms with van der Waals surface area (Å²) >= 11 is 0. The van der Waals surface area contributed by atoms with Gasteiger partial charge in [0.2, 0.25) is 0 Å². The molecule has 1 atom stereocenters. The van der Waals surface area contributed by atoms with E-state index in [1.54, 1.807) is 6.92 Å². The molecule has 0 spiro atoms. The van der Waals surface area contributed by atoms with Crippen molar-refractivity contribution in [1.82, 2.24) is 5.32 Å². The van der Waals surface area contributed by atoms with Gasteiger partial charge in [0.15, 0.2) is 0 Å². The molecule has 4 heteroatoms. The molecule has 0 amide bonds. The second kappa shape index (κ2) is 8.67. The Hall–Kier alpha value is -1.39. The van der Waals surface area contributed by atoms with Crippen LogP contribution in [0.5, 0.6) is 0 Å². The number of ether oxygens (including phenoxy) is 2. The van der Waals surface area contributed by atoms with E-state index in [-0.39, 0.29) is 12.0 Å². The van der Waals surface area contributed by atoms with Gasteiger partial charge in [-0.3, -0.25) is 4.79 Å². The molecule has 1 rings (SSSR count). The van der Waals surface area contributed by atoms with Gasteiger partial charge in [-0.15, -0.1) is 0 Å². The van der Waals surface area contributed by atoms with Crippen LogP contribution < -0.4 is 5.32 Å². The van der Waals surface area contributed by atoms with Gasteiger partial charge < -0.3 is 14.8 Å². The Labute approximate surface area is 115 Å². The highest BCUT2D eigenvalue weighted by Gasteiger charge is 2.20. The molecule has 1 aromatic rings. The van der Waals surface area contributed by atoms with E-state index in [1.165, 1.54) is 0 Å². The lowest BCUT2D eigenvalue weighted by molar-refractivity contribution is -0.147. The van der Waals surface area contributed by atoms with E-state index in [0.717, 1.165) is 5.56 Å². The van der Waals surface area contributed by atoms with E-state index in [1.807, 2.05) is 44.2 Å². The Bertz CT molecular complexity index is 365. The molecule has 0 bridgehead atoms. The molecule has 0 aliphatic rings. The highest BCUT2D eigenvalue weighted by atomic mass is 16.5. The molecule has 0 heterocycles. The molecule has 0 fully saturated rings. The van der Waals surface area contributed by atoms with Crippen LogP contribution in [0.15, 0.2) is 30.3 Å². The molecule has 1 aromatic carbocycles. The van der Waals surface area contributed by atoms with E-state index >= 15 is 0 Å². The standard InChI is InChI=1S/C15H23NO3/c1-4-19-15(17)14(16-12(2)3)11-18-10-13-8-6-5-7-9-13/h5-9,12,14,16H,4,10-11H2,1-3H3. The minimum atomic E-state index is -0.413. The van der Waals surface area contributed by atoms with Gasteiger partial charge in [-0.1, -0.05) is 44.2 Å². The number of hydrogen-bond acceptors (Lipinski definition) is 4. The summed E-state index contributed by atoms with van der Waals surface area (Å²) in [6.07, 6.45) is 0. The lowest BCUT2D eigenvalue weighted by atomic mass is 10.2. The maximum Gasteiger partial charge on any atom is 0.325 e. The molecule has 19 heavy (non-hydrogen) atoms. The molecule has 0 radical (unpaired) electrons. The van der Waals surface area contributed by atoms with E-state index < -0.39 is 6.04 Å². The molecular formula is C15H23NO3. The molecule has 0 aliphatic carbocycles. The van der Waals surface area contributed by atoms with Crippen LogP contribution in [0.25, 0.3) is 0 Å². The topological polar surface area (TPSA) is 47.6 Å². The van der Waals surface area contributed by atoms with Crippen molar-refractivity contribution in [1.29, 1.82) is 0 Å². The fourth-order valence-corrected chi connectivity index (χ4v) is 1.70. The van der Waals surface area contributed by atoms with E-state index in [4.69, 9.17) is 9.47 Å². The van der Waals surface area contributed by atoms with Gasteiger partial charge >= 0.3 is 5.97 Å². The van der Waals surface area contributed by atoms with Crippen molar-refractivity contribution in [2.24, 2.45) is 0 Å². The second-order valence-corrected chi connectivity index (χ2v) is 4.63. The molecule has 0 saturated heterocycles. The quantitative estimate of drug-likeness (QED) is 0.732. The first kappa shape index (κ1) is 15.7. The minimum Gasteiger partial charge on any atom is -0.465 e.